The number of hydrogen-bond acceptors (Lipinski definition) is 9. The smallest absolute Gasteiger partial charge is 0.375 e. The van der Waals surface area contributed by atoms with Gasteiger partial charge in [-0.15, -0.1) is 0 Å². The Kier molecular flexibility index (Phi) is 6.62. The summed E-state index contributed by atoms with van der Waals surface area (Å²) >= 11 is 0. The fraction of sp³-hybridized carbons (Fsp3) is 0.292. The SMILES string of the molecule is COC(=O)[C@]1(Cc2cc(CC(C)=O)c(O)c(OC)c2)OC(=O)C(O)=C1c1ccc(OC)cc1. The number of methoxy groups -OCH3 is 3. The molecule has 2 aromatic carbocycles. The van der Waals surface area contributed by atoms with Crippen molar-refractivity contribution in [2.75, 3.05) is 21.3 Å². The van der Waals surface area contributed by atoms with Gasteiger partial charge in [-0.05, 0) is 36.2 Å². The number of phenolic OH excluding ortho intramolecular Hbond substituents is 1. The Balaban J connectivity index is 2.18. The number of cyclic esters (lactones) is 1. The van der Waals surface area contributed by atoms with Gasteiger partial charge < -0.3 is 29.2 Å². The van der Waals surface area contributed by atoms with Crippen molar-refractivity contribution < 1.29 is 43.5 Å². The average molecular weight is 456 g/mol. The highest BCUT2D eigenvalue weighted by molar-refractivity contribution is 6.11. The summed E-state index contributed by atoms with van der Waals surface area (Å²) in [5, 5.41) is 21.0. The lowest BCUT2D eigenvalue weighted by Gasteiger charge is -2.28. The molecule has 0 spiro atoms. The number of aromatic hydroxyl groups is 1. The Morgan fingerprint density at radius 3 is 2.24 bits per heavy atom. The molecule has 1 atom stereocenters. The third-order valence-electron chi connectivity index (χ3n) is 5.32. The minimum Gasteiger partial charge on any atom is -0.504 e. The van der Waals surface area contributed by atoms with Crippen LogP contribution in [0.25, 0.3) is 5.57 Å². The zero-order valence-electron chi connectivity index (χ0n) is 18.6. The molecule has 1 heterocycles. The maximum Gasteiger partial charge on any atom is 0.375 e. The zero-order chi connectivity index (χ0) is 24.3. The van der Waals surface area contributed by atoms with E-state index in [4.69, 9.17) is 18.9 Å². The molecule has 9 nitrogen and oxygen atoms in total. The predicted octanol–water partition coefficient (Wildman–Crippen LogP) is 2.52. The first-order valence-electron chi connectivity index (χ1n) is 9.95. The van der Waals surface area contributed by atoms with Crippen molar-refractivity contribution in [1.29, 1.82) is 0 Å². The maximum absolute atomic E-state index is 13.0. The molecule has 0 aromatic heterocycles. The normalized spacial score (nSPS) is 17.5. The van der Waals surface area contributed by atoms with E-state index in [1.807, 2.05) is 0 Å². The van der Waals surface area contributed by atoms with Crippen LogP contribution in [0, 0.1) is 0 Å². The van der Waals surface area contributed by atoms with Crippen molar-refractivity contribution in [2.45, 2.75) is 25.4 Å². The molecule has 0 radical (unpaired) electrons. The second kappa shape index (κ2) is 9.23. The molecule has 0 saturated carbocycles. The summed E-state index contributed by atoms with van der Waals surface area (Å²) in [5.74, 6) is -2.51. The van der Waals surface area contributed by atoms with E-state index in [1.54, 1.807) is 24.3 Å². The Bertz CT molecular complexity index is 1130. The highest BCUT2D eigenvalue weighted by Gasteiger charge is 2.55. The van der Waals surface area contributed by atoms with E-state index >= 15 is 0 Å². The number of benzene rings is 2. The van der Waals surface area contributed by atoms with Gasteiger partial charge >= 0.3 is 11.9 Å². The van der Waals surface area contributed by atoms with Crippen LogP contribution in [0.2, 0.25) is 0 Å². The summed E-state index contributed by atoms with van der Waals surface area (Å²) in [6.45, 7) is 1.37. The number of rotatable bonds is 8. The standard InChI is InChI=1S/C24H24O9/c1-13(25)9-16-10-14(11-18(31-3)20(16)26)12-24(23(29)32-4)19(21(27)22(28)33-24)15-5-7-17(30-2)8-6-15/h5-8,10-11,26-27H,9,12H2,1-4H3/t24-/m1/s1. The zero-order valence-corrected chi connectivity index (χ0v) is 18.6. The van der Waals surface area contributed by atoms with Crippen molar-refractivity contribution in [2.24, 2.45) is 0 Å². The van der Waals surface area contributed by atoms with Crippen molar-refractivity contribution in [1.82, 2.24) is 0 Å². The summed E-state index contributed by atoms with van der Waals surface area (Å²) in [6.07, 6.45) is -0.328. The lowest BCUT2D eigenvalue weighted by molar-refractivity contribution is -0.169. The maximum atomic E-state index is 13.0. The molecule has 1 aliphatic heterocycles. The van der Waals surface area contributed by atoms with E-state index in [-0.39, 0.29) is 41.3 Å². The Labute approximate surface area is 190 Å². The van der Waals surface area contributed by atoms with Crippen molar-refractivity contribution >= 4 is 23.3 Å². The first-order chi connectivity index (χ1) is 15.7. The summed E-state index contributed by atoms with van der Waals surface area (Å²) < 4.78 is 20.7. The molecule has 0 bridgehead atoms. The number of ketones is 1. The monoisotopic (exact) mass is 456 g/mol. The number of phenols is 1. The second-order valence-electron chi connectivity index (χ2n) is 7.52. The van der Waals surface area contributed by atoms with Crippen LogP contribution in [0.15, 0.2) is 42.2 Å². The van der Waals surface area contributed by atoms with E-state index in [0.29, 0.717) is 16.9 Å². The number of aliphatic hydroxyl groups excluding tert-OH is 1. The van der Waals surface area contributed by atoms with Crippen LogP contribution in [0.5, 0.6) is 17.2 Å². The van der Waals surface area contributed by atoms with E-state index in [0.717, 1.165) is 7.11 Å². The first-order valence-corrected chi connectivity index (χ1v) is 9.95. The third-order valence-corrected chi connectivity index (χ3v) is 5.32. The number of esters is 2. The largest absolute Gasteiger partial charge is 0.504 e. The van der Waals surface area contributed by atoms with Gasteiger partial charge in [0, 0.05) is 18.4 Å². The van der Waals surface area contributed by atoms with Crippen molar-refractivity contribution in [3.8, 4) is 17.2 Å². The predicted molar refractivity (Wildman–Crippen MR) is 116 cm³/mol. The highest BCUT2D eigenvalue weighted by Crippen LogP contribution is 2.44. The molecular formula is C24H24O9. The fourth-order valence-corrected chi connectivity index (χ4v) is 3.86. The van der Waals surface area contributed by atoms with Gasteiger partial charge in [0.15, 0.2) is 11.5 Å². The number of ether oxygens (including phenoxy) is 4. The summed E-state index contributed by atoms with van der Waals surface area (Å²) in [4.78, 5) is 37.1. The number of carbonyl (C=O) groups excluding carboxylic acids is 3. The van der Waals surface area contributed by atoms with Gasteiger partial charge in [0.1, 0.15) is 11.5 Å². The Hall–Kier alpha value is -4.01. The minimum atomic E-state index is -2.01. The lowest BCUT2D eigenvalue weighted by atomic mass is 9.82. The molecule has 0 unspecified atom stereocenters. The van der Waals surface area contributed by atoms with Crippen LogP contribution in [-0.4, -0.2) is 54.9 Å². The van der Waals surface area contributed by atoms with Crippen LogP contribution in [0.1, 0.15) is 23.6 Å². The van der Waals surface area contributed by atoms with Crippen LogP contribution in [0.4, 0.5) is 0 Å². The summed E-state index contributed by atoms with van der Waals surface area (Å²) in [6, 6.07) is 9.33. The summed E-state index contributed by atoms with van der Waals surface area (Å²) in [5.41, 5.74) is -1.05. The van der Waals surface area contributed by atoms with Gasteiger partial charge in [-0.25, -0.2) is 9.59 Å². The highest BCUT2D eigenvalue weighted by atomic mass is 16.6. The number of Topliss-reactive ketones (excluding diaryl/α,β-unsaturated/α-hetero) is 1. The molecule has 174 valence electrons. The van der Waals surface area contributed by atoms with Gasteiger partial charge in [0.05, 0.1) is 26.9 Å². The molecule has 0 fully saturated rings. The average Bonchev–Trinajstić information content (AvgIpc) is 3.05. The molecule has 2 aromatic rings. The van der Waals surface area contributed by atoms with Crippen LogP contribution in [-0.2, 0) is 36.7 Å². The molecule has 1 aliphatic rings. The molecule has 3 rings (SSSR count). The molecule has 9 heteroatoms. The van der Waals surface area contributed by atoms with Crippen molar-refractivity contribution in [3.63, 3.8) is 0 Å². The molecule has 33 heavy (non-hydrogen) atoms. The van der Waals surface area contributed by atoms with Gasteiger partial charge in [-0.2, -0.15) is 0 Å². The lowest BCUT2D eigenvalue weighted by Crippen LogP contribution is -2.44. The van der Waals surface area contributed by atoms with Gasteiger partial charge in [0.2, 0.25) is 11.4 Å². The van der Waals surface area contributed by atoms with Gasteiger partial charge in [-0.3, -0.25) is 4.79 Å². The molecule has 0 amide bonds. The van der Waals surface area contributed by atoms with E-state index in [2.05, 4.69) is 0 Å². The van der Waals surface area contributed by atoms with Gasteiger partial charge in [-0.1, -0.05) is 18.2 Å². The second-order valence-corrected chi connectivity index (χ2v) is 7.52. The van der Waals surface area contributed by atoms with E-state index < -0.39 is 23.3 Å². The van der Waals surface area contributed by atoms with E-state index in [1.165, 1.54) is 33.3 Å². The minimum absolute atomic E-state index is 0.0674. The van der Waals surface area contributed by atoms with Crippen molar-refractivity contribution in [3.05, 3.63) is 58.8 Å². The fourth-order valence-electron chi connectivity index (χ4n) is 3.86. The molecular weight excluding hydrogens is 432 g/mol. The number of aliphatic hydroxyl groups is 1. The Morgan fingerprint density at radius 1 is 1.03 bits per heavy atom. The van der Waals surface area contributed by atoms with Crippen LogP contribution >= 0.6 is 0 Å². The molecule has 2 N–H and O–H groups in total. The van der Waals surface area contributed by atoms with Crippen LogP contribution in [0.3, 0.4) is 0 Å². The summed E-state index contributed by atoms with van der Waals surface area (Å²) in [7, 11) is 3.97. The molecule has 0 aliphatic carbocycles. The third kappa shape index (κ3) is 4.34. The number of hydrogen-bond donors (Lipinski definition) is 2. The first kappa shape index (κ1) is 23.6. The van der Waals surface area contributed by atoms with Gasteiger partial charge in [0.25, 0.3) is 0 Å². The number of carbonyl (C=O) groups is 3. The molecule has 0 saturated heterocycles. The van der Waals surface area contributed by atoms with Crippen LogP contribution < -0.4 is 9.47 Å². The van der Waals surface area contributed by atoms with E-state index in [9.17, 15) is 24.6 Å². The Morgan fingerprint density at radius 2 is 1.70 bits per heavy atom. The topological polar surface area (TPSA) is 129 Å². The quantitative estimate of drug-likeness (QED) is 0.576.